The molecule has 0 aliphatic carbocycles. The largest absolute Gasteiger partial charge is 0.390 e. The Bertz CT molecular complexity index is 411. The van der Waals surface area contributed by atoms with E-state index in [4.69, 9.17) is 4.74 Å². The molecule has 3 nitrogen and oxygen atoms in total. The van der Waals surface area contributed by atoms with Crippen molar-refractivity contribution in [2.24, 2.45) is 0 Å². The molecule has 1 saturated heterocycles. The van der Waals surface area contributed by atoms with Gasteiger partial charge >= 0.3 is 0 Å². The quantitative estimate of drug-likeness (QED) is 0.922. The molecule has 2 rings (SSSR count). The van der Waals surface area contributed by atoms with E-state index < -0.39 is 6.10 Å². The number of aliphatic hydroxyl groups excluding tert-OH is 1. The molecule has 1 aliphatic rings. The summed E-state index contributed by atoms with van der Waals surface area (Å²) in [6, 6.07) is 8.58. The molecule has 1 aromatic carbocycles. The highest BCUT2D eigenvalue weighted by atomic mass is 79.9. The third kappa shape index (κ3) is 4.28. The predicted molar refractivity (Wildman–Crippen MR) is 80.3 cm³/mol. The third-order valence-corrected chi connectivity index (χ3v) is 4.11. The predicted octanol–water partition coefficient (Wildman–Crippen LogP) is 2.46. The lowest BCUT2D eigenvalue weighted by Gasteiger charge is -2.37. The summed E-state index contributed by atoms with van der Waals surface area (Å²) in [6.45, 7) is 6.84. The van der Waals surface area contributed by atoms with E-state index in [0.29, 0.717) is 19.1 Å². The summed E-state index contributed by atoms with van der Waals surface area (Å²) in [5.41, 5.74) is 1.13. The van der Waals surface area contributed by atoms with Crippen LogP contribution in [0.25, 0.3) is 0 Å². The maximum absolute atomic E-state index is 10.4. The number of morpholine rings is 1. The van der Waals surface area contributed by atoms with E-state index in [2.05, 4.69) is 34.7 Å². The molecule has 0 radical (unpaired) electrons. The maximum atomic E-state index is 10.4. The van der Waals surface area contributed by atoms with Crippen LogP contribution in [0.2, 0.25) is 0 Å². The minimum Gasteiger partial charge on any atom is -0.390 e. The second kappa shape index (κ2) is 6.84. The van der Waals surface area contributed by atoms with Crippen LogP contribution in [0.5, 0.6) is 0 Å². The molecule has 2 atom stereocenters. The number of halogens is 1. The standard InChI is InChI=1S/C15H22BrNO2/c1-11(2)17-6-7-19-15(10-17)14(18)9-12-4-3-5-13(16)8-12/h3-5,8,11,14-15,18H,6-7,9-10H2,1-2H3. The van der Waals surface area contributed by atoms with E-state index in [-0.39, 0.29) is 6.10 Å². The lowest BCUT2D eigenvalue weighted by Crippen LogP contribution is -2.50. The van der Waals surface area contributed by atoms with E-state index in [9.17, 15) is 5.11 Å². The van der Waals surface area contributed by atoms with Crippen LogP contribution in [-0.4, -0.2) is 48.0 Å². The highest BCUT2D eigenvalue weighted by molar-refractivity contribution is 9.10. The minimum atomic E-state index is -0.448. The molecular weight excluding hydrogens is 306 g/mol. The van der Waals surface area contributed by atoms with Crippen LogP contribution in [-0.2, 0) is 11.2 Å². The van der Waals surface area contributed by atoms with Gasteiger partial charge in [0.1, 0.15) is 0 Å². The topological polar surface area (TPSA) is 32.7 Å². The van der Waals surface area contributed by atoms with Crippen molar-refractivity contribution in [3.05, 3.63) is 34.3 Å². The molecule has 19 heavy (non-hydrogen) atoms. The van der Waals surface area contributed by atoms with Crippen LogP contribution in [0.3, 0.4) is 0 Å². The molecule has 1 aromatic rings. The number of benzene rings is 1. The fourth-order valence-electron chi connectivity index (χ4n) is 2.44. The highest BCUT2D eigenvalue weighted by Crippen LogP contribution is 2.17. The summed E-state index contributed by atoms with van der Waals surface area (Å²) in [6.07, 6.45) is 0.0988. The lowest BCUT2D eigenvalue weighted by molar-refractivity contribution is -0.0940. The molecule has 4 heteroatoms. The summed E-state index contributed by atoms with van der Waals surface area (Å²) in [5.74, 6) is 0. The number of aliphatic hydroxyl groups is 1. The van der Waals surface area contributed by atoms with Gasteiger partial charge in [0.2, 0.25) is 0 Å². The Balaban J connectivity index is 1.94. The van der Waals surface area contributed by atoms with Crippen molar-refractivity contribution in [3.63, 3.8) is 0 Å². The van der Waals surface area contributed by atoms with Gasteiger partial charge in [-0.25, -0.2) is 0 Å². The van der Waals surface area contributed by atoms with Crippen molar-refractivity contribution in [1.29, 1.82) is 0 Å². The van der Waals surface area contributed by atoms with Gasteiger partial charge in [0.25, 0.3) is 0 Å². The molecular formula is C15H22BrNO2. The first-order valence-electron chi connectivity index (χ1n) is 6.84. The molecule has 1 N–H and O–H groups in total. The van der Waals surface area contributed by atoms with E-state index in [1.807, 2.05) is 24.3 Å². The van der Waals surface area contributed by atoms with Gasteiger partial charge < -0.3 is 9.84 Å². The first kappa shape index (κ1) is 15.0. The van der Waals surface area contributed by atoms with Crippen molar-refractivity contribution in [1.82, 2.24) is 4.90 Å². The molecule has 1 aliphatic heterocycles. The van der Waals surface area contributed by atoms with Gasteiger partial charge in [-0.1, -0.05) is 28.1 Å². The zero-order valence-electron chi connectivity index (χ0n) is 11.6. The number of ether oxygens (including phenoxy) is 1. The first-order valence-corrected chi connectivity index (χ1v) is 7.63. The van der Waals surface area contributed by atoms with Gasteiger partial charge in [-0.3, -0.25) is 4.90 Å². The fraction of sp³-hybridized carbons (Fsp3) is 0.600. The normalized spacial score (nSPS) is 22.7. The van der Waals surface area contributed by atoms with E-state index in [1.165, 1.54) is 0 Å². The summed E-state index contributed by atoms with van der Waals surface area (Å²) in [4.78, 5) is 2.36. The van der Waals surface area contributed by atoms with Crippen LogP contribution < -0.4 is 0 Å². The minimum absolute atomic E-state index is 0.0878. The smallest absolute Gasteiger partial charge is 0.0964 e. The molecule has 106 valence electrons. The van der Waals surface area contributed by atoms with E-state index in [0.717, 1.165) is 23.1 Å². The second-order valence-corrected chi connectivity index (χ2v) is 6.31. The van der Waals surface area contributed by atoms with Crippen molar-refractivity contribution < 1.29 is 9.84 Å². The summed E-state index contributed by atoms with van der Waals surface area (Å²) < 4.78 is 6.77. The van der Waals surface area contributed by atoms with Crippen molar-refractivity contribution >= 4 is 15.9 Å². The average Bonchev–Trinajstić information content (AvgIpc) is 2.39. The Morgan fingerprint density at radius 2 is 2.26 bits per heavy atom. The van der Waals surface area contributed by atoms with E-state index in [1.54, 1.807) is 0 Å². The van der Waals surface area contributed by atoms with Crippen LogP contribution >= 0.6 is 15.9 Å². The second-order valence-electron chi connectivity index (χ2n) is 5.40. The molecule has 0 saturated carbocycles. The highest BCUT2D eigenvalue weighted by Gasteiger charge is 2.27. The lowest BCUT2D eigenvalue weighted by atomic mass is 10.0. The molecule has 2 unspecified atom stereocenters. The van der Waals surface area contributed by atoms with Crippen molar-refractivity contribution in [2.75, 3.05) is 19.7 Å². The molecule has 1 heterocycles. The van der Waals surface area contributed by atoms with Crippen LogP contribution in [0.1, 0.15) is 19.4 Å². The zero-order chi connectivity index (χ0) is 13.8. The van der Waals surface area contributed by atoms with Gasteiger partial charge in [0.05, 0.1) is 18.8 Å². The van der Waals surface area contributed by atoms with Gasteiger partial charge in [0.15, 0.2) is 0 Å². The van der Waals surface area contributed by atoms with Crippen molar-refractivity contribution in [3.8, 4) is 0 Å². The number of rotatable bonds is 4. The van der Waals surface area contributed by atoms with Crippen LogP contribution in [0.4, 0.5) is 0 Å². The van der Waals surface area contributed by atoms with Crippen molar-refractivity contribution in [2.45, 2.75) is 38.5 Å². The SMILES string of the molecule is CC(C)N1CCOC(C(O)Cc2cccc(Br)c2)C1. The molecule has 1 fully saturated rings. The van der Waals surface area contributed by atoms with Crippen LogP contribution in [0.15, 0.2) is 28.7 Å². The Hall–Kier alpha value is -0.420. The first-order chi connectivity index (χ1) is 9.06. The third-order valence-electron chi connectivity index (χ3n) is 3.62. The Morgan fingerprint density at radius 1 is 1.47 bits per heavy atom. The van der Waals surface area contributed by atoms with Crippen LogP contribution in [0, 0.1) is 0 Å². The number of nitrogens with zero attached hydrogens (tertiary/aromatic N) is 1. The average molecular weight is 328 g/mol. The summed E-state index contributed by atoms with van der Waals surface area (Å²) in [5, 5.41) is 10.4. The molecule has 0 aromatic heterocycles. The zero-order valence-corrected chi connectivity index (χ0v) is 13.1. The maximum Gasteiger partial charge on any atom is 0.0964 e. The van der Waals surface area contributed by atoms with Gasteiger partial charge in [-0.15, -0.1) is 0 Å². The monoisotopic (exact) mass is 327 g/mol. The summed E-state index contributed by atoms with van der Waals surface area (Å²) in [7, 11) is 0. The van der Waals surface area contributed by atoms with Gasteiger partial charge in [-0.05, 0) is 31.5 Å². The Kier molecular flexibility index (Phi) is 5.39. The number of hydrogen-bond acceptors (Lipinski definition) is 3. The van der Waals surface area contributed by atoms with Gasteiger partial charge in [-0.2, -0.15) is 0 Å². The Morgan fingerprint density at radius 3 is 2.95 bits per heavy atom. The Labute approximate surface area is 123 Å². The fourth-order valence-corrected chi connectivity index (χ4v) is 2.88. The number of hydrogen-bond donors (Lipinski definition) is 1. The van der Waals surface area contributed by atoms with Gasteiger partial charge in [0, 0.05) is 30.0 Å². The van der Waals surface area contributed by atoms with E-state index >= 15 is 0 Å². The molecule has 0 bridgehead atoms. The summed E-state index contributed by atoms with van der Waals surface area (Å²) >= 11 is 3.46. The molecule has 0 amide bonds. The molecule has 0 spiro atoms.